The zero-order valence-electron chi connectivity index (χ0n) is 11.9. The van der Waals surface area contributed by atoms with Gasteiger partial charge >= 0.3 is 0 Å². The third-order valence-electron chi connectivity index (χ3n) is 3.21. The van der Waals surface area contributed by atoms with Gasteiger partial charge in [-0.3, -0.25) is 0 Å². The Bertz CT molecular complexity index is 573. The third kappa shape index (κ3) is 4.09. The molecule has 0 radical (unpaired) electrons. The quantitative estimate of drug-likeness (QED) is 0.698. The Labute approximate surface area is 125 Å². The Kier molecular flexibility index (Phi) is 5.82. The molecule has 20 heavy (non-hydrogen) atoms. The molecule has 0 spiro atoms. The molecule has 0 bridgehead atoms. The van der Waals surface area contributed by atoms with Crippen LogP contribution in [0.25, 0.3) is 0 Å². The van der Waals surface area contributed by atoms with Crippen molar-refractivity contribution < 1.29 is 13.5 Å². The number of nitrogen functional groups attached to an aromatic ring is 1. The molecule has 0 heterocycles. The standard InChI is InChI=1S/C13H21ClN2O3S/c1-8(2)12(4-5-17)16-20(18,19)13-7-10(14)6-11(15)9(13)3/h6-8,12,16-17H,4-5,15H2,1-3H3. The van der Waals surface area contributed by atoms with Crippen LogP contribution in [0.4, 0.5) is 5.69 Å². The minimum Gasteiger partial charge on any atom is -0.398 e. The average molecular weight is 321 g/mol. The van der Waals surface area contributed by atoms with E-state index in [4.69, 9.17) is 22.4 Å². The van der Waals surface area contributed by atoms with E-state index in [1.807, 2.05) is 13.8 Å². The van der Waals surface area contributed by atoms with Crippen LogP contribution < -0.4 is 10.5 Å². The second kappa shape index (κ2) is 6.76. The Morgan fingerprint density at radius 1 is 1.40 bits per heavy atom. The lowest BCUT2D eigenvalue weighted by atomic mass is 10.0. The summed E-state index contributed by atoms with van der Waals surface area (Å²) in [5.41, 5.74) is 6.55. The maximum atomic E-state index is 12.4. The van der Waals surface area contributed by atoms with E-state index in [1.165, 1.54) is 12.1 Å². The van der Waals surface area contributed by atoms with Gasteiger partial charge in [0, 0.05) is 23.4 Å². The summed E-state index contributed by atoms with van der Waals surface area (Å²) in [6.45, 7) is 5.34. The molecule has 0 saturated carbocycles. The highest BCUT2D eigenvalue weighted by molar-refractivity contribution is 7.89. The van der Waals surface area contributed by atoms with E-state index in [-0.39, 0.29) is 28.5 Å². The lowest BCUT2D eigenvalue weighted by Crippen LogP contribution is -2.39. The molecule has 7 heteroatoms. The summed E-state index contributed by atoms with van der Waals surface area (Å²) in [7, 11) is -3.73. The highest BCUT2D eigenvalue weighted by Crippen LogP contribution is 2.26. The number of hydrogen-bond donors (Lipinski definition) is 3. The molecule has 4 N–H and O–H groups in total. The summed E-state index contributed by atoms with van der Waals surface area (Å²) in [5, 5.41) is 9.29. The number of anilines is 1. The first-order valence-electron chi connectivity index (χ1n) is 6.38. The second-order valence-electron chi connectivity index (χ2n) is 5.10. The molecule has 0 aliphatic rings. The van der Waals surface area contributed by atoms with Gasteiger partial charge in [-0.25, -0.2) is 13.1 Å². The largest absolute Gasteiger partial charge is 0.398 e. The lowest BCUT2D eigenvalue weighted by Gasteiger charge is -2.22. The van der Waals surface area contributed by atoms with Crippen LogP contribution >= 0.6 is 11.6 Å². The summed E-state index contributed by atoms with van der Waals surface area (Å²) in [6, 6.07) is 2.56. The van der Waals surface area contributed by atoms with E-state index < -0.39 is 10.0 Å². The zero-order chi connectivity index (χ0) is 15.5. The SMILES string of the molecule is Cc1c(N)cc(Cl)cc1S(=O)(=O)NC(CCO)C(C)C. The molecule has 1 aromatic carbocycles. The van der Waals surface area contributed by atoms with Gasteiger partial charge in [0.15, 0.2) is 0 Å². The van der Waals surface area contributed by atoms with Crippen LogP contribution in [0, 0.1) is 12.8 Å². The van der Waals surface area contributed by atoms with Crippen LogP contribution in [0.3, 0.4) is 0 Å². The van der Waals surface area contributed by atoms with Crippen LogP contribution in [0.15, 0.2) is 17.0 Å². The summed E-state index contributed by atoms with van der Waals surface area (Å²) in [6.07, 6.45) is 0.353. The number of aliphatic hydroxyl groups excluding tert-OH is 1. The van der Waals surface area contributed by atoms with Crippen molar-refractivity contribution >= 4 is 27.3 Å². The summed E-state index contributed by atoms with van der Waals surface area (Å²) in [4.78, 5) is 0.0751. The molecule has 1 rings (SSSR count). The van der Waals surface area contributed by atoms with Gasteiger partial charge in [0.25, 0.3) is 0 Å². The van der Waals surface area contributed by atoms with E-state index in [0.29, 0.717) is 17.7 Å². The number of sulfonamides is 1. The van der Waals surface area contributed by atoms with E-state index in [0.717, 1.165) is 0 Å². The lowest BCUT2D eigenvalue weighted by molar-refractivity contribution is 0.256. The average Bonchev–Trinajstić information content (AvgIpc) is 2.32. The van der Waals surface area contributed by atoms with Crippen molar-refractivity contribution in [2.45, 2.75) is 38.1 Å². The van der Waals surface area contributed by atoms with Crippen molar-refractivity contribution in [1.82, 2.24) is 4.72 Å². The molecule has 0 aromatic heterocycles. The number of rotatable bonds is 6. The normalized spacial score (nSPS) is 13.7. The van der Waals surface area contributed by atoms with Crippen molar-refractivity contribution in [2.75, 3.05) is 12.3 Å². The fourth-order valence-electron chi connectivity index (χ4n) is 1.88. The number of aliphatic hydroxyl groups is 1. The minimum absolute atomic E-state index is 0.0637. The Hall–Kier alpha value is -0.820. The molecule has 0 aliphatic carbocycles. The highest BCUT2D eigenvalue weighted by atomic mass is 35.5. The van der Waals surface area contributed by atoms with Gasteiger partial charge in [0.2, 0.25) is 10.0 Å². The predicted molar refractivity (Wildman–Crippen MR) is 81.3 cm³/mol. The van der Waals surface area contributed by atoms with Gasteiger partial charge in [-0.05, 0) is 37.0 Å². The Morgan fingerprint density at radius 3 is 2.50 bits per heavy atom. The molecule has 0 amide bonds. The van der Waals surface area contributed by atoms with Gasteiger partial charge in [-0.1, -0.05) is 25.4 Å². The molecule has 114 valence electrons. The number of nitrogens with one attached hydrogen (secondary N) is 1. The minimum atomic E-state index is -3.73. The maximum Gasteiger partial charge on any atom is 0.241 e. The van der Waals surface area contributed by atoms with Crippen LogP contribution in [0.1, 0.15) is 25.8 Å². The number of hydrogen-bond acceptors (Lipinski definition) is 4. The smallest absolute Gasteiger partial charge is 0.241 e. The molecule has 5 nitrogen and oxygen atoms in total. The van der Waals surface area contributed by atoms with Crippen LogP contribution in [0.2, 0.25) is 5.02 Å². The van der Waals surface area contributed by atoms with Gasteiger partial charge in [-0.15, -0.1) is 0 Å². The molecule has 0 fully saturated rings. The van der Waals surface area contributed by atoms with Gasteiger partial charge in [-0.2, -0.15) is 0 Å². The molecular weight excluding hydrogens is 300 g/mol. The van der Waals surface area contributed by atoms with Gasteiger partial charge in [0.05, 0.1) is 4.90 Å². The molecular formula is C13H21ClN2O3S. The van der Waals surface area contributed by atoms with E-state index in [2.05, 4.69) is 4.72 Å². The highest BCUT2D eigenvalue weighted by Gasteiger charge is 2.24. The fraction of sp³-hybridized carbons (Fsp3) is 0.538. The number of benzene rings is 1. The Balaban J connectivity index is 3.17. The van der Waals surface area contributed by atoms with Gasteiger partial charge in [0.1, 0.15) is 0 Å². The maximum absolute atomic E-state index is 12.4. The third-order valence-corrected chi connectivity index (χ3v) is 5.04. The first-order chi connectivity index (χ1) is 9.19. The van der Waals surface area contributed by atoms with E-state index >= 15 is 0 Å². The number of halogens is 1. The van der Waals surface area contributed by atoms with Crippen LogP contribution in [0.5, 0.6) is 0 Å². The molecule has 1 aromatic rings. The van der Waals surface area contributed by atoms with Crippen molar-refractivity contribution in [3.63, 3.8) is 0 Å². The van der Waals surface area contributed by atoms with Crippen molar-refractivity contribution in [3.8, 4) is 0 Å². The van der Waals surface area contributed by atoms with Crippen LogP contribution in [-0.4, -0.2) is 26.2 Å². The number of nitrogens with two attached hydrogens (primary N) is 1. The first kappa shape index (κ1) is 17.2. The summed E-state index contributed by atoms with van der Waals surface area (Å²) < 4.78 is 27.5. The Morgan fingerprint density at radius 2 is 2.00 bits per heavy atom. The molecule has 1 unspecified atom stereocenters. The molecule has 0 saturated heterocycles. The van der Waals surface area contributed by atoms with Crippen molar-refractivity contribution in [2.24, 2.45) is 5.92 Å². The first-order valence-corrected chi connectivity index (χ1v) is 8.24. The molecule has 0 aliphatic heterocycles. The predicted octanol–water partition coefficient (Wildman–Crippen LogP) is 1.92. The van der Waals surface area contributed by atoms with Gasteiger partial charge < -0.3 is 10.8 Å². The van der Waals surface area contributed by atoms with E-state index in [9.17, 15) is 8.42 Å². The second-order valence-corrected chi connectivity index (χ2v) is 7.22. The topological polar surface area (TPSA) is 92.4 Å². The fourth-order valence-corrected chi connectivity index (χ4v) is 3.89. The zero-order valence-corrected chi connectivity index (χ0v) is 13.4. The monoisotopic (exact) mass is 320 g/mol. The van der Waals surface area contributed by atoms with Crippen molar-refractivity contribution in [1.29, 1.82) is 0 Å². The van der Waals surface area contributed by atoms with Crippen molar-refractivity contribution in [3.05, 3.63) is 22.7 Å². The van der Waals surface area contributed by atoms with E-state index in [1.54, 1.807) is 6.92 Å². The summed E-state index contributed by atoms with van der Waals surface area (Å²) in [5.74, 6) is 0.0637. The molecule has 1 atom stereocenters. The summed E-state index contributed by atoms with van der Waals surface area (Å²) >= 11 is 5.88. The van der Waals surface area contributed by atoms with Crippen LogP contribution in [-0.2, 0) is 10.0 Å².